The fraction of sp³-hybridized carbons (Fsp3) is 0.222. The number of rotatable bonds is 4. The number of unbranched alkanes of at least 4 members (excludes halogenated alkanes) is 1. The second-order valence-corrected chi connectivity index (χ2v) is 8.02. The number of aromatic amines is 1. The van der Waals surface area contributed by atoms with Gasteiger partial charge in [0.2, 0.25) is 0 Å². The van der Waals surface area contributed by atoms with Gasteiger partial charge in [0.1, 0.15) is 0 Å². The summed E-state index contributed by atoms with van der Waals surface area (Å²) in [6, 6.07) is 24.1. The number of nitrogens with zero attached hydrogens (tertiary/aromatic N) is 1. The van der Waals surface area contributed by atoms with Crippen molar-refractivity contribution in [2.24, 2.45) is 0 Å². The lowest BCUT2D eigenvalue weighted by Crippen LogP contribution is -2.03. The molecular weight excluding hydrogens is 352 g/mol. The van der Waals surface area contributed by atoms with Crippen LogP contribution in [0.2, 0.25) is 0 Å². The molecule has 4 aromatic rings. The number of fused-ring (bicyclic) bond motifs is 5. The number of benzene rings is 3. The normalized spacial score (nSPS) is 12.4. The van der Waals surface area contributed by atoms with Gasteiger partial charge in [0, 0.05) is 22.2 Å². The Bertz CT molecular complexity index is 1240. The lowest BCUT2D eigenvalue weighted by molar-refractivity contribution is 0.795. The first kappa shape index (κ1) is 17.8. The molecule has 0 fully saturated rings. The molecule has 0 bridgehead atoms. The van der Waals surface area contributed by atoms with Crippen LogP contribution in [0.5, 0.6) is 0 Å². The van der Waals surface area contributed by atoms with Gasteiger partial charge in [0.05, 0.1) is 11.6 Å². The summed E-state index contributed by atoms with van der Waals surface area (Å²) in [7, 11) is 0. The van der Waals surface area contributed by atoms with Crippen molar-refractivity contribution >= 4 is 10.9 Å². The predicted molar refractivity (Wildman–Crippen MR) is 120 cm³/mol. The maximum atomic E-state index is 9.19. The van der Waals surface area contributed by atoms with Crippen molar-refractivity contribution in [2.45, 2.75) is 39.0 Å². The number of H-pyrrole nitrogens is 1. The van der Waals surface area contributed by atoms with Crippen molar-refractivity contribution in [2.75, 3.05) is 0 Å². The smallest absolute Gasteiger partial charge is 0.0991 e. The van der Waals surface area contributed by atoms with E-state index >= 15 is 0 Å². The summed E-state index contributed by atoms with van der Waals surface area (Å²) in [5.74, 6) is 0. The molecule has 0 amide bonds. The molecule has 0 aliphatic heterocycles. The summed E-state index contributed by atoms with van der Waals surface area (Å²) in [6.45, 7) is 2.24. The Labute approximate surface area is 171 Å². The Kier molecular flexibility index (Phi) is 4.45. The molecule has 1 aliphatic rings. The average molecular weight is 377 g/mol. The van der Waals surface area contributed by atoms with E-state index in [-0.39, 0.29) is 0 Å². The highest BCUT2D eigenvalue weighted by atomic mass is 14.7. The van der Waals surface area contributed by atoms with E-state index < -0.39 is 0 Å². The van der Waals surface area contributed by atoms with Crippen LogP contribution in [0.15, 0.2) is 60.7 Å². The van der Waals surface area contributed by atoms with Gasteiger partial charge >= 0.3 is 0 Å². The molecule has 0 atom stereocenters. The maximum absolute atomic E-state index is 9.19. The molecule has 0 spiro atoms. The van der Waals surface area contributed by atoms with Crippen LogP contribution in [0, 0.1) is 11.3 Å². The van der Waals surface area contributed by atoms with Crippen LogP contribution in [-0.4, -0.2) is 4.98 Å². The quantitative estimate of drug-likeness (QED) is 0.417. The summed E-state index contributed by atoms with van der Waals surface area (Å²) in [5, 5.41) is 10.5. The van der Waals surface area contributed by atoms with Crippen molar-refractivity contribution in [1.82, 2.24) is 4.98 Å². The van der Waals surface area contributed by atoms with Gasteiger partial charge in [-0.25, -0.2) is 0 Å². The molecule has 0 saturated heterocycles. The van der Waals surface area contributed by atoms with Crippen molar-refractivity contribution in [3.63, 3.8) is 0 Å². The number of aromatic nitrogens is 1. The van der Waals surface area contributed by atoms with Crippen LogP contribution >= 0.6 is 0 Å². The molecule has 1 N–H and O–H groups in total. The van der Waals surface area contributed by atoms with E-state index in [2.05, 4.69) is 66.5 Å². The number of hydrogen-bond donors (Lipinski definition) is 1. The summed E-state index contributed by atoms with van der Waals surface area (Å²) in [4.78, 5) is 3.68. The fourth-order valence-electron chi connectivity index (χ4n) is 4.54. The SMILES string of the molecule is CCCCc1ccc(-c2ccc3c4c([nH]c3c2)-c2ccc(C#N)cc2CC4)cc1. The molecule has 3 aromatic carbocycles. The topological polar surface area (TPSA) is 39.6 Å². The van der Waals surface area contributed by atoms with Gasteiger partial charge < -0.3 is 4.98 Å². The van der Waals surface area contributed by atoms with E-state index in [9.17, 15) is 5.26 Å². The Morgan fingerprint density at radius 2 is 1.76 bits per heavy atom. The summed E-state index contributed by atoms with van der Waals surface area (Å²) >= 11 is 0. The van der Waals surface area contributed by atoms with Crippen LogP contribution in [-0.2, 0) is 19.3 Å². The molecular formula is C27H24N2. The highest BCUT2D eigenvalue weighted by Gasteiger charge is 2.21. The van der Waals surface area contributed by atoms with Crippen molar-refractivity contribution in [1.29, 1.82) is 5.26 Å². The zero-order valence-electron chi connectivity index (χ0n) is 16.8. The third-order valence-corrected chi connectivity index (χ3v) is 6.16. The summed E-state index contributed by atoms with van der Waals surface area (Å²) in [5.41, 5.74) is 11.0. The molecule has 1 aliphatic carbocycles. The zero-order chi connectivity index (χ0) is 19.8. The van der Waals surface area contributed by atoms with E-state index in [0.717, 1.165) is 24.8 Å². The first-order valence-electron chi connectivity index (χ1n) is 10.5. The van der Waals surface area contributed by atoms with E-state index in [1.165, 1.54) is 62.8 Å². The lowest BCUT2D eigenvalue weighted by atomic mass is 9.88. The van der Waals surface area contributed by atoms with E-state index in [0.29, 0.717) is 0 Å². The molecule has 2 heteroatoms. The molecule has 1 heterocycles. The third-order valence-electron chi connectivity index (χ3n) is 6.16. The monoisotopic (exact) mass is 376 g/mol. The number of hydrogen-bond acceptors (Lipinski definition) is 1. The zero-order valence-corrected chi connectivity index (χ0v) is 16.8. The van der Waals surface area contributed by atoms with Crippen molar-refractivity contribution < 1.29 is 0 Å². The number of aryl methyl sites for hydroxylation is 3. The minimum Gasteiger partial charge on any atom is -0.354 e. The Balaban J connectivity index is 1.53. The standard InChI is InChI=1S/C27H24N2/c1-2-3-4-18-5-8-20(9-6-18)21-10-13-24-25-14-11-22-15-19(17-28)7-12-23(22)27(25)29-26(24)16-21/h5-10,12-13,15-16,29H,2-4,11,14H2,1H3. The Morgan fingerprint density at radius 1 is 0.931 bits per heavy atom. The van der Waals surface area contributed by atoms with E-state index in [1.54, 1.807) is 0 Å². The number of nitrogens with one attached hydrogen (secondary N) is 1. The van der Waals surface area contributed by atoms with Crippen molar-refractivity contribution in [3.8, 4) is 28.5 Å². The van der Waals surface area contributed by atoms with Gasteiger partial charge in [-0.3, -0.25) is 0 Å². The molecule has 0 radical (unpaired) electrons. The Morgan fingerprint density at radius 3 is 2.55 bits per heavy atom. The minimum absolute atomic E-state index is 0.744. The highest BCUT2D eigenvalue weighted by molar-refractivity contribution is 5.94. The summed E-state index contributed by atoms with van der Waals surface area (Å²) in [6.07, 6.45) is 5.65. The van der Waals surface area contributed by atoms with Gasteiger partial charge in [-0.2, -0.15) is 5.26 Å². The van der Waals surface area contributed by atoms with E-state index in [1.807, 2.05) is 12.1 Å². The largest absolute Gasteiger partial charge is 0.354 e. The van der Waals surface area contributed by atoms with Gasteiger partial charge in [-0.05, 0) is 71.7 Å². The van der Waals surface area contributed by atoms with Crippen LogP contribution in [0.1, 0.15) is 42.0 Å². The van der Waals surface area contributed by atoms with Crippen LogP contribution in [0.25, 0.3) is 33.3 Å². The second-order valence-electron chi connectivity index (χ2n) is 8.02. The first-order chi connectivity index (χ1) is 14.3. The lowest BCUT2D eigenvalue weighted by Gasteiger charge is -2.16. The molecule has 5 rings (SSSR count). The van der Waals surface area contributed by atoms with Gasteiger partial charge in [0.25, 0.3) is 0 Å². The highest BCUT2D eigenvalue weighted by Crippen LogP contribution is 2.39. The second kappa shape index (κ2) is 7.26. The van der Waals surface area contributed by atoms with Crippen molar-refractivity contribution in [3.05, 3.63) is 82.9 Å². The van der Waals surface area contributed by atoms with Gasteiger partial charge in [-0.1, -0.05) is 55.8 Å². The molecule has 0 unspecified atom stereocenters. The predicted octanol–water partition coefficient (Wildman–Crippen LogP) is 6.81. The molecule has 142 valence electrons. The average Bonchev–Trinajstić information content (AvgIpc) is 3.15. The first-order valence-corrected chi connectivity index (χ1v) is 10.5. The van der Waals surface area contributed by atoms with E-state index in [4.69, 9.17) is 0 Å². The Hall–Kier alpha value is -3.31. The number of nitriles is 1. The fourth-order valence-corrected chi connectivity index (χ4v) is 4.54. The van der Waals surface area contributed by atoms with Gasteiger partial charge in [-0.15, -0.1) is 0 Å². The molecule has 0 saturated carbocycles. The summed E-state index contributed by atoms with van der Waals surface area (Å²) < 4.78 is 0. The maximum Gasteiger partial charge on any atom is 0.0991 e. The van der Waals surface area contributed by atoms with Crippen LogP contribution < -0.4 is 0 Å². The molecule has 29 heavy (non-hydrogen) atoms. The minimum atomic E-state index is 0.744. The molecule has 2 nitrogen and oxygen atoms in total. The van der Waals surface area contributed by atoms with Gasteiger partial charge in [0.15, 0.2) is 0 Å². The van der Waals surface area contributed by atoms with Crippen LogP contribution in [0.3, 0.4) is 0 Å². The third kappa shape index (κ3) is 3.13. The molecule has 1 aromatic heterocycles. The van der Waals surface area contributed by atoms with Crippen LogP contribution in [0.4, 0.5) is 0 Å².